The van der Waals surface area contributed by atoms with Crippen molar-refractivity contribution in [3.8, 4) is 0 Å². The third-order valence-electron chi connectivity index (χ3n) is 4.27. The van der Waals surface area contributed by atoms with Crippen LogP contribution in [0.15, 0.2) is 22.7 Å². The fourth-order valence-corrected chi connectivity index (χ4v) is 9.04. The van der Waals surface area contributed by atoms with Crippen LogP contribution in [0.25, 0.3) is 0 Å². The molecule has 6 heteroatoms. The average molecular weight is 452 g/mol. The molecular formula is C17H23BrOS4. The zero-order valence-corrected chi connectivity index (χ0v) is 18.0. The van der Waals surface area contributed by atoms with E-state index in [9.17, 15) is 5.11 Å². The van der Waals surface area contributed by atoms with E-state index in [0.29, 0.717) is 4.58 Å². The Morgan fingerprint density at radius 2 is 1.74 bits per heavy atom. The van der Waals surface area contributed by atoms with E-state index >= 15 is 0 Å². The van der Waals surface area contributed by atoms with Crippen LogP contribution in [-0.4, -0.2) is 37.8 Å². The molecule has 128 valence electrons. The van der Waals surface area contributed by atoms with Crippen LogP contribution >= 0.6 is 63.0 Å². The highest BCUT2D eigenvalue weighted by Gasteiger charge is 2.44. The van der Waals surface area contributed by atoms with E-state index in [1.54, 1.807) is 0 Å². The molecule has 1 atom stereocenters. The van der Waals surface area contributed by atoms with Gasteiger partial charge >= 0.3 is 0 Å². The number of hydrogen-bond acceptors (Lipinski definition) is 5. The molecule has 1 aromatic carbocycles. The number of hydrogen-bond donors (Lipinski definition) is 1. The van der Waals surface area contributed by atoms with Crippen molar-refractivity contribution >= 4 is 63.0 Å². The van der Waals surface area contributed by atoms with Crippen molar-refractivity contribution < 1.29 is 5.11 Å². The van der Waals surface area contributed by atoms with E-state index in [4.69, 9.17) is 0 Å². The molecule has 2 fully saturated rings. The third-order valence-corrected chi connectivity index (χ3v) is 10.5. The zero-order valence-electron chi connectivity index (χ0n) is 13.1. The summed E-state index contributed by atoms with van der Waals surface area (Å²) >= 11 is 11.5. The van der Waals surface area contributed by atoms with Crippen LogP contribution in [0.1, 0.15) is 30.4 Å². The van der Waals surface area contributed by atoms with Gasteiger partial charge < -0.3 is 5.11 Å². The molecule has 0 spiro atoms. The van der Waals surface area contributed by atoms with Gasteiger partial charge in [-0.25, -0.2) is 0 Å². The fourth-order valence-electron chi connectivity index (χ4n) is 3.10. The minimum Gasteiger partial charge on any atom is -0.383 e. The van der Waals surface area contributed by atoms with E-state index in [-0.39, 0.29) is 0 Å². The number of aryl methyl sites for hydroxylation is 1. The summed E-state index contributed by atoms with van der Waals surface area (Å²) in [4.78, 5) is 0. The Kier molecular flexibility index (Phi) is 7.48. The smallest absolute Gasteiger partial charge is 0.111 e. The molecule has 0 amide bonds. The van der Waals surface area contributed by atoms with Crippen LogP contribution in [0.3, 0.4) is 0 Å². The number of benzene rings is 1. The molecule has 1 nitrogen and oxygen atoms in total. The van der Waals surface area contributed by atoms with Gasteiger partial charge in [0.15, 0.2) is 0 Å². The van der Waals surface area contributed by atoms with Crippen molar-refractivity contribution in [1.82, 2.24) is 0 Å². The first kappa shape index (κ1) is 18.8. The zero-order chi connectivity index (χ0) is 16.1. The minimum atomic E-state index is -0.605. The lowest BCUT2D eigenvalue weighted by atomic mass is 9.98. The molecular weight excluding hydrogens is 428 g/mol. The lowest BCUT2D eigenvalue weighted by molar-refractivity contribution is 0.0564. The van der Waals surface area contributed by atoms with Gasteiger partial charge in [-0.1, -0.05) is 22.0 Å². The molecule has 0 saturated carbocycles. The van der Waals surface area contributed by atoms with E-state index in [1.807, 2.05) is 29.6 Å². The van der Waals surface area contributed by atoms with Gasteiger partial charge in [0.05, 0.1) is 4.58 Å². The SMILES string of the molecule is C1CSCSC1.OC1(C2SCCCS2)CCc2cc(Br)ccc21. The monoisotopic (exact) mass is 450 g/mol. The summed E-state index contributed by atoms with van der Waals surface area (Å²) in [5, 5.41) is 12.3. The van der Waals surface area contributed by atoms with Gasteiger partial charge in [-0.3, -0.25) is 0 Å². The molecule has 4 rings (SSSR count). The molecule has 23 heavy (non-hydrogen) atoms. The minimum absolute atomic E-state index is 0.318. The maximum Gasteiger partial charge on any atom is 0.111 e. The topological polar surface area (TPSA) is 20.2 Å². The highest BCUT2D eigenvalue weighted by molar-refractivity contribution is 9.10. The standard InChI is InChI=1S/C13H15BrOS2.C4H8S2/c14-10-2-3-11-9(8-10)4-5-13(11,15)12-16-6-1-7-17-12;1-2-5-4-6-3-1/h2-3,8,12,15H,1,4-7H2;1-4H2. The van der Waals surface area contributed by atoms with E-state index in [2.05, 4.69) is 51.6 Å². The first-order valence-electron chi connectivity index (χ1n) is 8.10. The first-order valence-corrected chi connectivity index (χ1v) is 13.3. The van der Waals surface area contributed by atoms with Crippen molar-refractivity contribution in [3.05, 3.63) is 33.8 Å². The largest absolute Gasteiger partial charge is 0.383 e. The van der Waals surface area contributed by atoms with Gasteiger partial charge in [0.1, 0.15) is 5.60 Å². The number of fused-ring (bicyclic) bond motifs is 1. The molecule has 2 aliphatic heterocycles. The molecule has 1 unspecified atom stereocenters. The maximum atomic E-state index is 11.0. The normalized spacial score (nSPS) is 27.9. The van der Waals surface area contributed by atoms with Crippen LogP contribution in [-0.2, 0) is 12.0 Å². The highest BCUT2D eigenvalue weighted by Crippen LogP contribution is 2.50. The van der Waals surface area contributed by atoms with Gasteiger partial charge in [0.2, 0.25) is 0 Å². The van der Waals surface area contributed by atoms with E-state index < -0.39 is 5.60 Å². The molecule has 2 heterocycles. The van der Waals surface area contributed by atoms with Crippen molar-refractivity contribution in [2.75, 3.05) is 28.1 Å². The Hall–Kier alpha value is 1.06. The Balaban J connectivity index is 0.000000220. The van der Waals surface area contributed by atoms with Crippen LogP contribution in [0.2, 0.25) is 0 Å². The molecule has 1 aliphatic carbocycles. The first-order chi connectivity index (χ1) is 11.2. The molecule has 0 bridgehead atoms. The van der Waals surface area contributed by atoms with Crippen LogP contribution in [0.4, 0.5) is 0 Å². The molecule has 1 aromatic rings. The molecule has 0 radical (unpaired) electrons. The Morgan fingerprint density at radius 1 is 1.04 bits per heavy atom. The summed E-state index contributed by atoms with van der Waals surface area (Å²) in [6.07, 6.45) is 4.58. The number of aliphatic hydroxyl groups is 1. The lowest BCUT2D eigenvalue weighted by Gasteiger charge is -2.35. The summed E-state index contributed by atoms with van der Waals surface area (Å²) in [6, 6.07) is 6.31. The van der Waals surface area contributed by atoms with Gasteiger partial charge in [-0.05, 0) is 72.0 Å². The molecule has 1 N–H and O–H groups in total. The van der Waals surface area contributed by atoms with Crippen LogP contribution in [0.5, 0.6) is 0 Å². The van der Waals surface area contributed by atoms with Crippen molar-refractivity contribution in [1.29, 1.82) is 0 Å². The predicted octanol–water partition coefficient (Wildman–Crippen LogP) is 5.59. The fraction of sp³-hybridized carbons (Fsp3) is 0.647. The van der Waals surface area contributed by atoms with E-state index in [1.165, 1.54) is 46.5 Å². The third kappa shape index (κ3) is 4.82. The summed E-state index contributed by atoms with van der Waals surface area (Å²) < 4.78 is 1.43. The summed E-state index contributed by atoms with van der Waals surface area (Å²) in [6.45, 7) is 0. The molecule has 2 saturated heterocycles. The number of halogens is 1. The Morgan fingerprint density at radius 3 is 2.35 bits per heavy atom. The number of thioether (sulfide) groups is 4. The van der Waals surface area contributed by atoms with Crippen LogP contribution < -0.4 is 0 Å². The summed E-state index contributed by atoms with van der Waals surface area (Å²) in [7, 11) is 0. The second-order valence-corrected chi connectivity index (χ2v) is 12.2. The average Bonchev–Trinajstić information content (AvgIpc) is 2.95. The van der Waals surface area contributed by atoms with Crippen molar-refractivity contribution in [2.24, 2.45) is 0 Å². The van der Waals surface area contributed by atoms with Crippen molar-refractivity contribution in [2.45, 2.75) is 35.9 Å². The molecule has 3 aliphatic rings. The molecule has 0 aromatic heterocycles. The predicted molar refractivity (Wildman–Crippen MR) is 114 cm³/mol. The lowest BCUT2D eigenvalue weighted by Crippen LogP contribution is -2.35. The Labute approximate surface area is 165 Å². The summed E-state index contributed by atoms with van der Waals surface area (Å²) in [5.74, 6) is 5.16. The van der Waals surface area contributed by atoms with E-state index in [0.717, 1.165) is 22.9 Å². The second-order valence-electron chi connectivity index (χ2n) is 5.94. The highest BCUT2D eigenvalue weighted by atomic mass is 79.9. The van der Waals surface area contributed by atoms with Gasteiger partial charge in [-0.2, -0.15) is 23.5 Å². The quantitative estimate of drug-likeness (QED) is 0.599. The van der Waals surface area contributed by atoms with Crippen LogP contribution in [0, 0.1) is 0 Å². The maximum absolute atomic E-state index is 11.0. The number of rotatable bonds is 1. The van der Waals surface area contributed by atoms with Gasteiger partial charge in [-0.15, -0.1) is 23.5 Å². The van der Waals surface area contributed by atoms with Gasteiger partial charge in [0.25, 0.3) is 0 Å². The van der Waals surface area contributed by atoms with Crippen molar-refractivity contribution in [3.63, 3.8) is 0 Å². The van der Waals surface area contributed by atoms with Gasteiger partial charge in [0, 0.05) is 9.56 Å². The Bertz CT molecular complexity index is 506. The summed E-state index contributed by atoms with van der Waals surface area (Å²) in [5.41, 5.74) is 1.87. The second kappa shape index (κ2) is 9.13.